The van der Waals surface area contributed by atoms with Crippen molar-refractivity contribution in [3.63, 3.8) is 0 Å². The number of nitriles is 1. The van der Waals surface area contributed by atoms with Gasteiger partial charge in [-0.05, 0) is 12.3 Å². The molecule has 2 heteroatoms. The van der Waals surface area contributed by atoms with Gasteiger partial charge in [0.1, 0.15) is 0 Å². The lowest BCUT2D eigenvalue weighted by Gasteiger charge is -2.07. The minimum atomic E-state index is -0.359. The van der Waals surface area contributed by atoms with Crippen LogP contribution >= 0.6 is 0 Å². The van der Waals surface area contributed by atoms with Crippen LogP contribution in [0.3, 0.4) is 0 Å². The largest absolute Gasteiger partial charge is 0.316 e. The standard InChI is InChI=1S/C10H12N2/c11-8-10(12)7-9-5-3-1-2-4-6-9/h1-6,9-10H,7,12H2. The molecule has 0 aromatic heterocycles. The summed E-state index contributed by atoms with van der Waals surface area (Å²) in [4.78, 5) is 0. The van der Waals surface area contributed by atoms with Crippen molar-refractivity contribution in [3.05, 3.63) is 36.5 Å². The second-order valence-electron chi connectivity index (χ2n) is 2.79. The summed E-state index contributed by atoms with van der Waals surface area (Å²) in [6, 6.07) is 1.66. The summed E-state index contributed by atoms with van der Waals surface area (Å²) in [5.41, 5.74) is 5.51. The maximum atomic E-state index is 8.50. The molecule has 0 saturated carbocycles. The third kappa shape index (κ3) is 2.73. The fourth-order valence-corrected chi connectivity index (χ4v) is 1.11. The third-order valence-corrected chi connectivity index (χ3v) is 1.74. The van der Waals surface area contributed by atoms with Gasteiger partial charge in [0, 0.05) is 0 Å². The number of allylic oxidation sites excluding steroid dienone is 6. The van der Waals surface area contributed by atoms with Crippen LogP contribution in [0.1, 0.15) is 6.42 Å². The van der Waals surface area contributed by atoms with E-state index in [9.17, 15) is 0 Å². The van der Waals surface area contributed by atoms with E-state index < -0.39 is 0 Å². The van der Waals surface area contributed by atoms with E-state index in [1.165, 1.54) is 0 Å². The Bertz CT molecular complexity index is 240. The van der Waals surface area contributed by atoms with Crippen LogP contribution in [0.2, 0.25) is 0 Å². The Hall–Kier alpha value is -1.33. The summed E-state index contributed by atoms with van der Waals surface area (Å²) in [7, 11) is 0. The molecule has 0 aromatic carbocycles. The van der Waals surface area contributed by atoms with Crippen molar-refractivity contribution in [2.45, 2.75) is 12.5 Å². The van der Waals surface area contributed by atoms with Crippen LogP contribution in [-0.4, -0.2) is 6.04 Å². The summed E-state index contributed by atoms with van der Waals surface area (Å²) in [6.45, 7) is 0. The Morgan fingerprint density at radius 3 is 2.33 bits per heavy atom. The zero-order valence-electron chi connectivity index (χ0n) is 6.85. The van der Waals surface area contributed by atoms with E-state index in [-0.39, 0.29) is 6.04 Å². The molecule has 0 radical (unpaired) electrons. The normalized spacial score (nSPS) is 18.7. The molecule has 0 amide bonds. The quantitative estimate of drug-likeness (QED) is 0.666. The van der Waals surface area contributed by atoms with Gasteiger partial charge in [-0.3, -0.25) is 0 Å². The minimum absolute atomic E-state index is 0.301. The first kappa shape index (κ1) is 8.76. The first-order valence-corrected chi connectivity index (χ1v) is 4.00. The number of rotatable bonds is 2. The highest BCUT2D eigenvalue weighted by molar-refractivity contribution is 5.19. The molecular formula is C10H12N2. The van der Waals surface area contributed by atoms with Crippen LogP contribution in [0, 0.1) is 17.2 Å². The van der Waals surface area contributed by atoms with Crippen molar-refractivity contribution in [1.29, 1.82) is 5.26 Å². The van der Waals surface area contributed by atoms with Crippen molar-refractivity contribution >= 4 is 0 Å². The van der Waals surface area contributed by atoms with Crippen LogP contribution < -0.4 is 5.73 Å². The summed E-state index contributed by atoms with van der Waals surface area (Å²) < 4.78 is 0. The molecular weight excluding hydrogens is 148 g/mol. The number of nitrogens with zero attached hydrogens (tertiary/aromatic N) is 1. The van der Waals surface area contributed by atoms with Crippen molar-refractivity contribution < 1.29 is 0 Å². The number of hydrogen-bond acceptors (Lipinski definition) is 2. The molecule has 0 heterocycles. The zero-order valence-corrected chi connectivity index (χ0v) is 6.85. The van der Waals surface area contributed by atoms with E-state index in [1.54, 1.807) is 0 Å². The fraction of sp³-hybridized carbons (Fsp3) is 0.300. The van der Waals surface area contributed by atoms with E-state index in [1.807, 2.05) is 30.4 Å². The first-order chi connectivity index (χ1) is 5.83. The Labute approximate surface area is 72.7 Å². The second kappa shape index (κ2) is 4.53. The minimum Gasteiger partial charge on any atom is -0.316 e. The smallest absolute Gasteiger partial charge is 0.0936 e. The predicted molar refractivity (Wildman–Crippen MR) is 49.1 cm³/mol. The summed E-state index contributed by atoms with van der Waals surface area (Å²) in [6.07, 6.45) is 12.7. The van der Waals surface area contributed by atoms with Gasteiger partial charge in [0.05, 0.1) is 12.1 Å². The highest BCUT2D eigenvalue weighted by atomic mass is 14.6. The Kier molecular flexibility index (Phi) is 3.31. The molecule has 1 unspecified atom stereocenters. The van der Waals surface area contributed by atoms with Crippen molar-refractivity contribution in [2.24, 2.45) is 11.7 Å². The van der Waals surface area contributed by atoms with Crippen molar-refractivity contribution in [3.8, 4) is 6.07 Å². The highest BCUT2D eigenvalue weighted by Gasteiger charge is 2.06. The fourth-order valence-electron chi connectivity index (χ4n) is 1.11. The van der Waals surface area contributed by atoms with Gasteiger partial charge in [-0.15, -0.1) is 0 Å². The van der Waals surface area contributed by atoms with E-state index in [0.29, 0.717) is 12.3 Å². The van der Waals surface area contributed by atoms with Crippen LogP contribution in [0.15, 0.2) is 36.5 Å². The molecule has 0 fully saturated rings. The summed E-state index contributed by atoms with van der Waals surface area (Å²) in [5.74, 6) is 0.301. The van der Waals surface area contributed by atoms with Crippen molar-refractivity contribution in [2.75, 3.05) is 0 Å². The lowest BCUT2D eigenvalue weighted by molar-refractivity contribution is 0.649. The summed E-state index contributed by atoms with van der Waals surface area (Å²) >= 11 is 0. The molecule has 2 N–H and O–H groups in total. The second-order valence-corrected chi connectivity index (χ2v) is 2.79. The van der Waals surface area contributed by atoms with E-state index in [0.717, 1.165) is 0 Å². The van der Waals surface area contributed by atoms with Crippen LogP contribution in [-0.2, 0) is 0 Å². The van der Waals surface area contributed by atoms with Crippen LogP contribution in [0.5, 0.6) is 0 Å². The Balaban J connectivity index is 2.49. The van der Waals surface area contributed by atoms with Crippen LogP contribution in [0.4, 0.5) is 0 Å². The maximum Gasteiger partial charge on any atom is 0.0936 e. The molecule has 1 rings (SSSR count). The monoisotopic (exact) mass is 160 g/mol. The number of hydrogen-bond donors (Lipinski definition) is 1. The average molecular weight is 160 g/mol. The van der Waals surface area contributed by atoms with Gasteiger partial charge in [-0.25, -0.2) is 0 Å². The van der Waals surface area contributed by atoms with Gasteiger partial charge in [0.15, 0.2) is 0 Å². The Morgan fingerprint density at radius 2 is 1.83 bits per heavy atom. The molecule has 1 aliphatic rings. The predicted octanol–water partition coefficient (Wildman–Crippen LogP) is 1.53. The number of nitrogens with two attached hydrogens (primary N) is 1. The zero-order chi connectivity index (χ0) is 8.81. The first-order valence-electron chi connectivity index (χ1n) is 4.00. The van der Waals surface area contributed by atoms with Gasteiger partial charge in [-0.2, -0.15) is 5.26 Å². The van der Waals surface area contributed by atoms with E-state index >= 15 is 0 Å². The lowest BCUT2D eigenvalue weighted by atomic mass is 10.0. The molecule has 0 saturated heterocycles. The third-order valence-electron chi connectivity index (χ3n) is 1.74. The molecule has 0 aromatic rings. The molecule has 0 aliphatic heterocycles. The topological polar surface area (TPSA) is 49.8 Å². The van der Waals surface area contributed by atoms with E-state index in [2.05, 4.69) is 12.2 Å². The molecule has 1 atom stereocenters. The maximum absolute atomic E-state index is 8.50. The van der Waals surface area contributed by atoms with Gasteiger partial charge in [0.2, 0.25) is 0 Å². The molecule has 12 heavy (non-hydrogen) atoms. The lowest BCUT2D eigenvalue weighted by Crippen LogP contribution is -2.19. The average Bonchev–Trinajstić information content (AvgIpc) is 2.33. The molecule has 2 nitrogen and oxygen atoms in total. The van der Waals surface area contributed by atoms with Gasteiger partial charge >= 0.3 is 0 Å². The van der Waals surface area contributed by atoms with Gasteiger partial charge in [0.25, 0.3) is 0 Å². The van der Waals surface area contributed by atoms with Gasteiger partial charge in [-0.1, -0.05) is 36.5 Å². The molecule has 62 valence electrons. The van der Waals surface area contributed by atoms with Crippen molar-refractivity contribution in [1.82, 2.24) is 0 Å². The summed E-state index contributed by atoms with van der Waals surface area (Å²) in [5, 5.41) is 8.50. The van der Waals surface area contributed by atoms with E-state index in [4.69, 9.17) is 11.0 Å². The molecule has 1 aliphatic carbocycles. The van der Waals surface area contributed by atoms with Gasteiger partial charge < -0.3 is 5.73 Å². The molecule has 0 spiro atoms. The Morgan fingerprint density at radius 1 is 1.25 bits per heavy atom. The van der Waals surface area contributed by atoms with Crippen LogP contribution in [0.25, 0.3) is 0 Å². The molecule has 0 bridgehead atoms. The SMILES string of the molecule is N#CC(N)CC1C=CC=CC=C1. The highest BCUT2D eigenvalue weighted by Crippen LogP contribution is 2.11.